The molecule has 0 aliphatic carbocycles. The van der Waals surface area contributed by atoms with E-state index in [4.69, 9.17) is 5.73 Å². The molecule has 0 bridgehead atoms. The summed E-state index contributed by atoms with van der Waals surface area (Å²) in [5.41, 5.74) is 6.41. The molecule has 1 aromatic carbocycles. The Labute approximate surface area is 126 Å². The Hall–Kier alpha value is -1.88. The van der Waals surface area contributed by atoms with E-state index in [9.17, 15) is 9.59 Å². The second-order valence-corrected chi connectivity index (χ2v) is 6.12. The third kappa shape index (κ3) is 5.19. The molecule has 1 atom stereocenters. The summed E-state index contributed by atoms with van der Waals surface area (Å²) in [5.74, 6) is -0.364. The summed E-state index contributed by atoms with van der Waals surface area (Å²) in [5, 5.41) is 5.66. The van der Waals surface area contributed by atoms with Crippen molar-refractivity contribution in [2.45, 2.75) is 34.1 Å². The van der Waals surface area contributed by atoms with E-state index in [0.29, 0.717) is 24.3 Å². The molecule has 0 fully saturated rings. The van der Waals surface area contributed by atoms with E-state index in [1.165, 1.54) is 0 Å². The van der Waals surface area contributed by atoms with Crippen molar-refractivity contribution in [1.29, 1.82) is 0 Å². The van der Waals surface area contributed by atoms with Crippen LogP contribution in [0.5, 0.6) is 0 Å². The third-order valence-corrected chi connectivity index (χ3v) is 3.22. The maximum Gasteiger partial charge on any atom is 0.229 e. The Bertz CT molecular complexity index is 502. The van der Waals surface area contributed by atoms with E-state index in [-0.39, 0.29) is 17.7 Å². The lowest BCUT2D eigenvalue weighted by molar-refractivity contribution is -0.123. The standard InChI is InChI=1S/C16H25N3O2/c1-5-11(10-17)14(20)18-12-7-6-8-13(9-12)19-15(21)16(2,3)4/h6-9,11H,5,10,17H2,1-4H3,(H,18,20)(H,19,21). The SMILES string of the molecule is CCC(CN)C(=O)Nc1cccc(NC(=O)C(C)(C)C)c1. The van der Waals surface area contributed by atoms with Crippen LogP contribution in [0.4, 0.5) is 11.4 Å². The summed E-state index contributed by atoms with van der Waals surface area (Å²) in [6.45, 7) is 7.79. The summed E-state index contributed by atoms with van der Waals surface area (Å²) in [7, 11) is 0. The smallest absolute Gasteiger partial charge is 0.229 e. The lowest BCUT2D eigenvalue weighted by Gasteiger charge is -2.18. The van der Waals surface area contributed by atoms with Gasteiger partial charge in [-0.3, -0.25) is 9.59 Å². The first kappa shape index (κ1) is 17.2. The molecule has 0 saturated carbocycles. The molecule has 0 aliphatic rings. The molecule has 2 amide bonds. The normalized spacial score (nSPS) is 12.6. The van der Waals surface area contributed by atoms with Crippen molar-refractivity contribution in [2.24, 2.45) is 17.1 Å². The summed E-state index contributed by atoms with van der Waals surface area (Å²) in [4.78, 5) is 23.9. The fourth-order valence-corrected chi connectivity index (χ4v) is 1.70. The monoisotopic (exact) mass is 291 g/mol. The van der Waals surface area contributed by atoms with E-state index in [0.717, 1.165) is 0 Å². The van der Waals surface area contributed by atoms with Gasteiger partial charge in [0.15, 0.2) is 0 Å². The van der Waals surface area contributed by atoms with Gasteiger partial charge < -0.3 is 16.4 Å². The van der Waals surface area contributed by atoms with E-state index in [1.807, 2.05) is 27.7 Å². The number of benzene rings is 1. The molecule has 1 rings (SSSR count). The van der Waals surface area contributed by atoms with Gasteiger partial charge in [-0.2, -0.15) is 0 Å². The van der Waals surface area contributed by atoms with Crippen molar-refractivity contribution in [1.82, 2.24) is 0 Å². The molecule has 0 spiro atoms. The van der Waals surface area contributed by atoms with Crippen LogP contribution in [0.25, 0.3) is 0 Å². The van der Waals surface area contributed by atoms with Crippen LogP contribution in [0, 0.1) is 11.3 Å². The maximum atomic E-state index is 12.0. The van der Waals surface area contributed by atoms with Gasteiger partial charge in [-0.05, 0) is 24.6 Å². The highest BCUT2D eigenvalue weighted by molar-refractivity contribution is 5.96. The largest absolute Gasteiger partial charge is 0.330 e. The molecule has 21 heavy (non-hydrogen) atoms. The van der Waals surface area contributed by atoms with Crippen molar-refractivity contribution in [3.8, 4) is 0 Å². The highest BCUT2D eigenvalue weighted by Crippen LogP contribution is 2.20. The molecule has 0 aliphatic heterocycles. The first-order chi connectivity index (χ1) is 9.77. The second-order valence-electron chi connectivity index (χ2n) is 6.12. The first-order valence-electron chi connectivity index (χ1n) is 7.20. The summed E-state index contributed by atoms with van der Waals surface area (Å²) < 4.78 is 0. The highest BCUT2D eigenvalue weighted by atomic mass is 16.2. The first-order valence-corrected chi connectivity index (χ1v) is 7.20. The molecule has 116 valence electrons. The summed E-state index contributed by atoms with van der Waals surface area (Å²) in [6.07, 6.45) is 0.697. The van der Waals surface area contributed by atoms with Crippen molar-refractivity contribution in [2.75, 3.05) is 17.2 Å². The number of carbonyl (C=O) groups is 2. The lowest BCUT2D eigenvalue weighted by Crippen LogP contribution is -2.29. The fourth-order valence-electron chi connectivity index (χ4n) is 1.70. The molecule has 0 aromatic heterocycles. The number of carbonyl (C=O) groups excluding carboxylic acids is 2. The van der Waals surface area contributed by atoms with Gasteiger partial charge in [-0.25, -0.2) is 0 Å². The molecule has 1 aromatic rings. The van der Waals surface area contributed by atoms with E-state index < -0.39 is 5.41 Å². The van der Waals surface area contributed by atoms with E-state index >= 15 is 0 Å². The number of rotatable bonds is 5. The number of anilines is 2. The molecular weight excluding hydrogens is 266 g/mol. The number of amides is 2. The van der Waals surface area contributed by atoms with Crippen LogP contribution >= 0.6 is 0 Å². The van der Waals surface area contributed by atoms with E-state index in [1.54, 1.807) is 24.3 Å². The number of hydrogen-bond acceptors (Lipinski definition) is 3. The number of nitrogens with two attached hydrogens (primary N) is 1. The van der Waals surface area contributed by atoms with Gasteiger partial charge in [0.05, 0.1) is 5.92 Å². The van der Waals surface area contributed by atoms with Crippen molar-refractivity contribution < 1.29 is 9.59 Å². The van der Waals surface area contributed by atoms with Crippen LogP contribution in [-0.2, 0) is 9.59 Å². The van der Waals surface area contributed by atoms with Crippen LogP contribution in [0.3, 0.4) is 0 Å². The predicted octanol–water partition coefficient (Wildman–Crippen LogP) is 2.59. The molecule has 0 radical (unpaired) electrons. The number of nitrogens with one attached hydrogen (secondary N) is 2. The summed E-state index contributed by atoms with van der Waals surface area (Å²) in [6, 6.07) is 7.11. The van der Waals surface area contributed by atoms with Gasteiger partial charge in [0.1, 0.15) is 0 Å². The minimum atomic E-state index is -0.466. The Morgan fingerprint density at radius 1 is 1.19 bits per heavy atom. The Kier molecular flexibility index (Phi) is 5.90. The Balaban J connectivity index is 2.77. The van der Waals surface area contributed by atoms with Crippen LogP contribution in [0.2, 0.25) is 0 Å². The van der Waals surface area contributed by atoms with Gasteiger partial charge in [-0.1, -0.05) is 33.8 Å². The van der Waals surface area contributed by atoms with Gasteiger partial charge in [0.25, 0.3) is 0 Å². The lowest BCUT2D eigenvalue weighted by atomic mass is 9.95. The molecule has 0 heterocycles. The second kappa shape index (κ2) is 7.22. The van der Waals surface area contributed by atoms with Gasteiger partial charge >= 0.3 is 0 Å². The quantitative estimate of drug-likeness (QED) is 0.779. The molecule has 4 N–H and O–H groups in total. The van der Waals surface area contributed by atoms with Crippen LogP contribution < -0.4 is 16.4 Å². The number of hydrogen-bond donors (Lipinski definition) is 3. The van der Waals surface area contributed by atoms with Crippen molar-refractivity contribution in [3.63, 3.8) is 0 Å². The molecular formula is C16H25N3O2. The molecule has 5 heteroatoms. The van der Waals surface area contributed by atoms with Crippen molar-refractivity contribution >= 4 is 23.2 Å². The fraction of sp³-hybridized carbons (Fsp3) is 0.500. The Morgan fingerprint density at radius 2 is 1.76 bits per heavy atom. The average Bonchev–Trinajstić information content (AvgIpc) is 2.39. The van der Waals surface area contributed by atoms with Crippen LogP contribution in [0.1, 0.15) is 34.1 Å². The van der Waals surface area contributed by atoms with Crippen LogP contribution in [-0.4, -0.2) is 18.4 Å². The zero-order valence-corrected chi connectivity index (χ0v) is 13.2. The third-order valence-electron chi connectivity index (χ3n) is 3.22. The maximum absolute atomic E-state index is 12.0. The minimum Gasteiger partial charge on any atom is -0.330 e. The van der Waals surface area contributed by atoms with Crippen LogP contribution in [0.15, 0.2) is 24.3 Å². The van der Waals surface area contributed by atoms with Crippen molar-refractivity contribution in [3.05, 3.63) is 24.3 Å². The zero-order valence-electron chi connectivity index (χ0n) is 13.2. The average molecular weight is 291 g/mol. The Morgan fingerprint density at radius 3 is 2.24 bits per heavy atom. The van der Waals surface area contributed by atoms with Gasteiger partial charge in [0, 0.05) is 23.3 Å². The highest BCUT2D eigenvalue weighted by Gasteiger charge is 2.21. The van der Waals surface area contributed by atoms with Gasteiger partial charge in [0.2, 0.25) is 11.8 Å². The van der Waals surface area contributed by atoms with Gasteiger partial charge in [-0.15, -0.1) is 0 Å². The molecule has 0 saturated heterocycles. The molecule has 1 unspecified atom stereocenters. The van der Waals surface area contributed by atoms with E-state index in [2.05, 4.69) is 10.6 Å². The zero-order chi connectivity index (χ0) is 16.0. The topological polar surface area (TPSA) is 84.2 Å². The summed E-state index contributed by atoms with van der Waals surface area (Å²) >= 11 is 0. The minimum absolute atomic E-state index is 0.0700. The molecule has 5 nitrogen and oxygen atoms in total. The predicted molar refractivity (Wildman–Crippen MR) is 86.0 cm³/mol.